The van der Waals surface area contributed by atoms with E-state index in [9.17, 15) is 9.59 Å². The Labute approximate surface area is 140 Å². The van der Waals surface area contributed by atoms with Crippen molar-refractivity contribution in [1.82, 2.24) is 19.5 Å². The fraction of sp³-hybridized carbons (Fsp3) is 0.588. The van der Waals surface area contributed by atoms with Gasteiger partial charge in [0.15, 0.2) is 5.65 Å². The molecular formula is C17H24N4O3. The highest BCUT2D eigenvalue weighted by Gasteiger charge is 2.32. The van der Waals surface area contributed by atoms with E-state index in [1.165, 1.54) is 4.52 Å². The second-order valence-corrected chi connectivity index (χ2v) is 7.34. The smallest absolute Gasteiger partial charge is 0.410 e. The molecule has 0 aliphatic carbocycles. The Hall–Kier alpha value is -2.31. The molecule has 1 amide bonds. The van der Waals surface area contributed by atoms with E-state index < -0.39 is 5.60 Å². The molecule has 1 aliphatic rings. The van der Waals surface area contributed by atoms with Gasteiger partial charge in [-0.3, -0.25) is 14.8 Å². The monoisotopic (exact) mass is 332 g/mol. The standard InChI is InChI=1S/C17H24N4O3/c1-11-10-18-14-9-12(19-21(14)15(11)22)13-7-5-6-8-20(13)16(23)24-17(2,3)4/h9-10,13,19H,5-8H2,1-4H3/t13-/m0/s1. The van der Waals surface area contributed by atoms with E-state index in [4.69, 9.17) is 4.74 Å². The van der Waals surface area contributed by atoms with Crippen LogP contribution in [0.1, 0.15) is 57.3 Å². The molecule has 1 fully saturated rings. The summed E-state index contributed by atoms with van der Waals surface area (Å²) in [5, 5.41) is 3.11. The number of aryl methyl sites for hydroxylation is 1. The number of piperidine rings is 1. The average Bonchev–Trinajstić information content (AvgIpc) is 2.94. The molecule has 2 aromatic heterocycles. The zero-order chi connectivity index (χ0) is 17.5. The van der Waals surface area contributed by atoms with Crippen molar-refractivity contribution >= 4 is 11.7 Å². The number of aromatic amines is 1. The van der Waals surface area contributed by atoms with E-state index in [1.54, 1.807) is 18.0 Å². The zero-order valence-electron chi connectivity index (χ0n) is 14.6. The number of rotatable bonds is 1. The lowest BCUT2D eigenvalue weighted by Crippen LogP contribution is -2.42. The van der Waals surface area contributed by atoms with Crippen LogP contribution in [-0.2, 0) is 4.74 Å². The molecule has 7 nitrogen and oxygen atoms in total. The second-order valence-electron chi connectivity index (χ2n) is 7.34. The van der Waals surface area contributed by atoms with Crippen molar-refractivity contribution in [2.24, 2.45) is 0 Å². The Bertz CT molecular complexity index is 815. The maximum Gasteiger partial charge on any atom is 0.410 e. The Kier molecular flexibility index (Phi) is 4.11. The van der Waals surface area contributed by atoms with E-state index in [-0.39, 0.29) is 17.7 Å². The van der Waals surface area contributed by atoms with Gasteiger partial charge in [-0.25, -0.2) is 14.3 Å². The van der Waals surface area contributed by atoms with Gasteiger partial charge in [-0.05, 0) is 47.0 Å². The van der Waals surface area contributed by atoms with Gasteiger partial charge in [-0.2, -0.15) is 0 Å². The summed E-state index contributed by atoms with van der Waals surface area (Å²) in [4.78, 5) is 30.8. The fourth-order valence-corrected chi connectivity index (χ4v) is 3.03. The predicted octanol–water partition coefficient (Wildman–Crippen LogP) is 2.79. The lowest BCUT2D eigenvalue weighted by atomic mass is 10.00. The van der Waals surface area contributed by atoms with Crippen LogP contribution in [0, 0.1) is 6.92 Å². The minimum absolute atomic E-state index is 0.120. The van der Waals surface area contributed by atoms with Crippen LogP contribution >= 0.6 is 0 Å². The van der Waals surface area contributed by atoms with Crippen LogP contribution in [0.2, 0.25) is 0 Å². The Morgan fingerprint density at radius 1 is 1.38 bits per heavy atom. The molecule has 0 saturated carbocycles. The predicted molar refractivity (Wildman–Crippen MR) is 90.1 cm³/mol. The first-order valence-electron chi connectivity index (χ1n) is 8.33. The third kappa shape index (κ3) is 3.16. The summed E-state index contributed by atoms with van der Waals surface area (Å²) in [6.07, 6.45) is 4.07. The Morgan fingerprint density at radius 3 is 2.83 bits per heavy atom. The second kappa shape index (κ2) is 5.96. The number of nitrogens with zero attached hydrogens (tertiary/aromatic N) is 3. The zero-order valence-corrected chi connectivity index (χ0v) is 14.6. The fourth-order valence-electron chi connectivity index (χ4n) is 3.03. The van der Waals surface area contributed by atoms with Gasteiger partial charge in [-0.1, -0.05) is 0 Å². The van der Waals surface area contributed by atoms with E-state index in [2.05, 4.69) is 10.1 Å². The summed E-state index contributed by atoms with van der Waals surface area (Å²) in [7, 11) is 0. The van der Waals surface area contributed by atoms with Crippen LogP contribution in [0.4, 0.5) is 4.79 Å². The molecule has 130 valence electrons. The topological polar surface area (TPSA) is 79.7 Å². The van der Waals surface area contributed by atoms with Gasteiger partial charge in [-0.15, -0.1) is 0 Å². The molecule has 7 heteroatoms. The molecule has 1 saturated heterocycles. The molecule has 2 aromatic rings. The van der Waals surface area contributed by atoms with Crippen LogP contribution in [0.25, 0.3) is 5.65 Å². The lowest BCUT2D eigenvalue weighted by molar-refractivity contribution is 0.00897. The first-order valence-corrected chi connectivity index (χ1v) is 8.33. The van der Waals surface area contributed by atoms with Crippen molar-refractivity contribution in [3.63, 3.8) is 0 Å². The molecule has 3 rings (SSSR count). The quantitative estimate of drug-likeness (QED) is 0.871. The average molecular weight is 332 g/mol. The molecule has 0 bridgehead atoms. The molecule has 0 radical (unpaired) electrons. The van der Waals surface area contributed by atoms with Crippen molar-refractivity contribution < 1.29 is 9.53 Å². The minimum Gasteiger partial charge on any atom is -0.444 e. The number of aromatic nitrogens is 3. The highest BCUT2D eigenvalue weighted by atomic mass is 16.6. The maximum absolute atomic E-state index is 12.5. The molecule has 3 heterocycles. The highest BCUT2D eigenvalue weighted by Crippen LogP contribution is 2.31. The van der Waals surface area contributed by atoms with Crippen LogP contribution in [0.15, 0.2) is 17.1 Å². The van der Waals surface area contributed by atoms with E-state index in [1.807, 2.05) is 26.8 Å². The highest BCUT2D eigenvalue weighted by molar-refractivity contribution is 5.69. The number of amides is 1. The van der Waals surface area contributed by atoms with Crippen LogP contribution in [-0.4, -0.2) is 37.7 Å². The van der Waals surface area contributed by atoms with E-state index in [0.717, 1.165) is 25.0 Å². The Morgan fingerprint density at radius 2 is 2.12 bits per heavy atom. The van der Waals surface area contributed by atoms with Crippen molar-refractivity contribution in [2.45, 2.75) is 58.6 Å². The molecular weight excluding hydrogens is 308 g/mol. The molecule has 1 aliphatic heterocycles. The first kappa shape index (κ1) is 16.5. The van der Waals surface area contributed by atoms with Crippen molar-refractivity contribution in [3.05, 3.63) is 33.9 Å². The largest absolute Gasteiger partial charge is 0.444 e. The van der Waals surface area contributed by atoms with Gasteiger partial charge in [0.2, 0.25) is 0 Å². The van der Waals surface area contributed by atoms with Crippen molar-refractivity contribution in [1.29, 1.82) is 0 Å². The lowest BCUT2D eigenvalue weighted by Gasteiger charge is -2.36. The van der Waals surface area contributed by atoms with Gasteiger partial charge in [0.25, 0.3) is 5.56 Å². The summed E-state index contributed by atoms with van der Waals surface area (Å²) in [5.74, 6) is 0. The number of hydrogen-bond acceptors (Lipinski definition) is 4. The summed E-state index contributed by atoms with van der Waals surface area (Å²) in [6, 6.07) is 1.71. The summed E-state index contributed by atoms with van der Waals surface area (Å²) in [6.45, 7) is 7.96. The third-order valence-electron chi connectivity index (χ3n) is 4.18. The van der Waals surface area contributed by atoms with Gasteiger partial charge in [0.05, 0.1) is 11.7 Å². The first-order chi connectivity index (χ1) is 11.3. The maximum atomic E-state index is 12.5. The molecule has 1 N–H and O–H groups in total. The van der Waals surface area contributed by atoms with Gasteiger partial charge in [0, 0.05) is 24.4 Å². The van der Waals surface area contributed by atoms with Gasteiger partial charge < -0.3 is 4.74 Å². The number of carbonyl (C=O) groups excluding carboxylic acids is 1. The summed E-state index contributed by atoms with van der Waals surface area (Å²) >= 11 is 0. The molecule has 24 heavy (non-hydrogen) atoms. The number of fused-ring (bicyclic) bond motifs is 1. The number of likely N-dealkylation sites (tertiary alicyclic amines) is 1. The normalized spacial score (nSPS) is 18.8. The van der Waals surface area contributed by atoms with Crippen LogP contribution < -0.4 is 5.56 Å². The summed E-state index contributed by atoms with van der Waals surface area (Å²) in [5.41, 5.74) is 1.31. The van der Waals surface area contributed by atoms with Gasteiger partial charge >= 0.3 is 6.09 Å². The number of hydrogen-bond donors (Lipinski definition) is 1. The number of carbonyl (C=O) groups is 1. The molecule has 0 aromatic carbocycles. The van der Waals surface area contributed by atoms with Crippen LogP contribution in [0.3, 0.4) is 0 Å². The summed E-state index contributed by atoms with van der Waals surface area (Å²) < 4.78 is 6.97. The van der Waals surface area contributed by atoms with Crippen molar-refractivity contribution in [2.75, 3.05) is 6.54 Å². The third-order valence-corrected chi connectivity index (χ3v) is 4.18. The van der Waals surface area contributed by atoms with Gasteiger partial charge in [0.1, 0.15) is 5.60 Å². The minimum atomic E-state index is -0.533. The van der Waals surface area contributed by atoms with Crippen LogP contribution in [0.5, 0.6) is 0 Å². The SMILES string of the molecule is Cc1cnc2cc([C@@H]3CCCCN3C(=O)OC(C)(C)C)[nH]n2c1=O. The molecule has 0 spiro atoms. The van der Waals surface area contributed by atoms with E-state index >= 15 is 0 Å². The molecule has 0 unspecified atom stereocenters. The van der Waals surface area contributed by atoms with E-state index in [0.29, 0.717) is 17.8 Å². The number of nitrogens with one attached hydrogen (secondary N) is 1. The Balaban J connectivity index is 1.95. The molecule has 1 atom stereocenters. The number of ether oxygens (including phenoxy) is 1. The van der Waals surface area contributed by atoms with Crippen molar-refractivity contribution in [3.8, 4) is 0 Å². The number of H-pyrrole nitrogens is 1.